The molecule has 0 N–H and O–H groups in total. The summed E-state index contributed by atoms with van der Waals surface area (Å²) in [6.07, 6.45) is 0. The Morgan fingerprint density at radius 2 is 2.00 bits per heavy atom. The van der Waals surface area contributed by atoms with Crippen LogP contribution in [0.3, 0.4) is 0 Å². The maximum absolute atomic E-state index is 5.87. The number of hydrogen-bond acceptors (Lipinski definition) is 1. The minimum atomic E-state index is 0.467. The summed E-state index contributed by atoms with van der Waals surface area (Å²) in [5.74, 6) is 0. The number of para-hydroxylation sites is 1. The summed E-state index contributed by atoms with van der Waals surface area (Å²) >= 11 is 5.87. The summed E-state index contributed by atoms with van der Waals surface area (Å²) in [6.45, 7) is 7.56. The molecule has 0 heterocycles. The average Bonchev–Trinajstić information content (AvgIpc) is 2.08. The number of rotatable bonds is 2. The predicted octanol–water partition coefficient (Wildman–Crippen LogP) is 3.84. The SMILES string of the molecule is C=C(C)/C(Cl)=N\c1ccccc1C. The van der Waals surface area contributed by atoms with Gasteiger partial charge in [-0.05, 0) is 31.1 Å². The van der Waals surface area contributed by atoms with E-state index in [1.807, 2.05) is 38.1 Å². The van der Waals surface area contributed by atoms with Gasteiger partial charge in [-0.3, -0.25) is 0 Å². The third-order valence-electron chi connectivity index (χ3n) is 1.69. The average molecular weight is 194 g/mol. The number of halogens is 1. The van der Waals surface area contributed by atoms with Crippen LogP contribution in [0.1, 0.15) is 12.5 Å². The normalized spacial score (nSPS) is 11.5. The second kappa shape index (κ2) is 4.24. The molecule has 0 amide bonds. The number of hydrogen-bond donors (Lipinski definition) is 0. The van der Waals surface area contributed by atoms with Gasteiger partial charge in [0.2, 0.25) is 0 Å². The van der Waals surface area contributed by atoms with Crippen molar-refractivity contribution < 1.29 is 0 Å². The fourth-order valence-electron chi connectivity index (χ4n) is 0.890. The highest BCUT2D eigenvalue weighted by Crippen LogP contribution is 2.19. The van der Waals surface area contributed by atoms with Crippen molar-refractivity contribution in [3.05, 3.63) is 42.0 Å². The van der Waals surface area contributed by atoms with E-state index in [9.17, 15) is 0 Å². The molecule has 0 bridgehead atoms. The molecule has 0 spiro atoms. The van der Waals surface area contributed by atoms with Crippen molar-refractivity contribution in [1.82, 2.24) is 0 Å². The number of nitrogens with zero attached hydrogens (tertiary/aromatic N) is 1. The van der Waals surface area contributed by atoms with Gasteiger partial charge in [-0.1, -0.05) is 36.4 Å². The molecule has 1 aromatic rings. The third-order valence-corrected chi connectivity index (χ3v) is 2.09. The number of aryl methyl sites for hydroxylation is 1. The quantitative estimate of drug-likeness (QED) is 0.633. The van der Waals surface area contributed by atoms with Crippen molar-refractivity contribution in [2.75, 3.05) is 0 Å². The van der Waals surface area contributed by atoms with Crippen molar-refractivity contribution in [3.63, 3.8) is 0 Å². The van der Waals surface area contributed by atoms with E-state index in [1.54, 1.807) is 0 Å². The molecule has 0 aromatic heterocycles. The number of aliphatic imine (C=N–C) groups is 1. The Balaban J connectivity index is 3.04. The minimum absolute atomic E-state index is 0.467. The highest BCUT2D eigenvalue weighted by Gasteiger charge is 1.97. The Bertz CT molecular complexity index is 353. The van der Waals surface area contributed by atoms with Crippen LogP contribution in [0.15, 0.2) is 41.4 Å². The Morgan fingerprint density at radius 3 is 2.54 bits per heavy atom. The van der Waals surface area contributed by atoms with Crippen LogP contribution < -0.4 is 0 Å². The van der Waals surface area contributed by atoms with Crippen molar-refractivity contribution in [1.29, 1.82) is 0 Å². The van der Waals surface area contributed by atoms with Crippen LogP contribution in [0.2, 0.25) is 0 Å². The standard InChI is InChI=1S/C11H12ClN/c1-8(2)11(12)13-10-7-5-4-6-9(10)3/h4-7H,1H2,2-3H3/b13-11+. The lowest BCUT2D eigenvalue weighted by Gasteiger charge is -2.00. The van der Waals surface area contributed by atoms with E-state index in [0.29, 0.717) is 5.17 Å². The van der Waals surface area contributed by atoms with E-state index in [-0.39, 0.29) is 0 Å². The second-order valence-corrected chi connectivity index (χ2v) is 3.33. The van der Waals surface area contributed by atoms with Crippen molar-refractivity contribution in [2.45, 2.75) is 13.8 Å². The van der Waals surface area contributed by atoms with Crippen LogP contribution >= 0.6 is 11.6 Å². The van der Waals surface area contributed by atoms with Crippen LogP contribution in [0.4, 0.5) is 5.69 Å². The van der Waals surface area contributed by atoms with Gasteiger partial charge in [0.25, 0.3) is 0 Å². The van der Waals surface area contributed by atoms with Crippen molar-refractivity contribution >= 4 is 22.5 Å². The van der Waals surface area contributed by atoms with E-state index in [2.05, 4.69) is 11.6 Å². The summed E-state index contributed by atoms with van der Waals surface area (Å²) in [4.78, 5) is 4.24. The third kappa shape index (κ3) is 2.71. The van der Waals surface area contributed by atoms with E-state index in [0.717, 1.165) is 16.8 Å². The van der Waals surface area contributed by atoms with Crippen LogP contribution in [-0.2, 0) is 0 Å². The van der Waals surface area contributed by atoms with Crippen LogP contribution in [-0.4, -0.2) is 5.17 Å². The Kier molecular flexibility index (Phi) is 3.26. The first-order chi connectivity index (χ1) is 6.11. The Morgan fingerprint density at radius 1 is 1.38 bits per heavy atom. The maximum Gasteiger partial charge on any atom is 0.132 e. The van der Waals surface area contributed by atoms with Crippen molar-refractivity contribution in [3.8, 4) is 0 Å². The predicted molar refractivity (Wildman–Crippen MR) is 58.9 cm³/mol. The molecule has 0 aliphatic rings. The molecular weight excluding hydrogens is 182 g/mol. The molecule has 0 aliphatic heterocycles. The van der Waals surface area contributed by atoms with Crippen LogP contribution in [0, 0.1) is 6.92 Å². The molecule has 1 nitrogen and oxygen atoms in total. The molecule has 1 aromatic carbocycles. The van der Waals surface area contributed by atoms with Crippen LogP contribution in [0.25, 0.3) is 0 Å². The molecule has 1 rings (SSSR count). The molecule has 0 aliphatic carbocycles. The fourth-order valence-corrected chi connectivity index (χ4v) is 0.981. The molecule has 0 saturated heterocycles. The van der Waals surface area contributed by atoms with Gasteiger partial charge in [0, 0.05) is 0 Å². The number of benzene rings is 1. The van der Waals surface area contributed by atoms with Gasteiger partial charge in [0.1, 0.15) is 5.17 Å². The van der Waals surface area contributed by atoms with E-state index >= 15 is 0 Å². The van der Waals surface area contributed by atoms with Crippen molar-refractivity contribution in [2.24, 2.45) is 4.99 Å². The first-order valence-corrected chi connectivity index (χ1v) is 4.45. The molecule has 13 heavy (non-hydrogen) atoms. The van der Waals surface area contributed by atoms with Gasteiger partial charge < -0.3 is 0 Å². The largest absolute Gasteiger partial charge is 0.236 e. The topological polar surface area (TPSA) is 12.4 Å². The first-order valence-electron chi connectivity index (χ1n) is 4.07. The zero-order valence-electron chi connectivity index (χ0n) is 7.84. The Hall–Kier alpha value is -1.08. The zero-order valence-corrected chi connectivity index (χ0v) is 8.60. The van der Waals surface area contributed by atoms with Gasteiger partial charge in [0.05, 0.1) is 5.69 Å². The first kappa shape index (κ1) is 10.0. The van der Waals surface area contributed by atoms with Gasteiger partial charge in [-0.25, -0.2) is 4.99 Å². The number of allylic oxidation sites excluding steroid dienone is 1. The summed E-state index contributed by atoms with van der Waals surface area (Å²) < 4.78 is 0. The highest BCUT2D eigenvalue weighted by molar-refractivity contribution is 6.69. The molecule has 0 unspecified atom stereocenters. The molecule has 0 saturated carbocycles. The van der Waals surface area contributed by atoms with Gasteiger partial charge in [0.15, 0.2) is 0 Å². The second-order valence-electron chi connectivity index (χ2n) is 2.97. The lowest BCUT2D eigenvalue weighted by molar-refractivity contribution is 1.40. The maximum atomic E-state index is 5.87. The highest BCUT2D eigenvalue weighted by atomic mass is 35.5. The van der Waals surface area contributed by atoms with Crippen LogP contribution in [0.5, 0.6) is 0 Å². The molecule has 0 atom stereocenters. The van der Waals surface area contributed by atoms with Gasteiger partial charge >= 0.3 is 0 Å². The zero-order chi connectivity index (χ0) is 9.84. The lowest BCUT2D eigenvalue weighted by Crippen LogP contribution is -1.86. The summed E-state index contributed by atoms with van der Waals surface area (Å²) in [6, 6.07) is 7.85. The fraction of sp³-hybridized carbons (Fsp3) is 0.182. The minimum Gasteiger partial charge on any atom is -0.236 e. The molecule has 68 valence electrons. The Labute approximate surface area is 83.8 Å². The van der Waals surface area contributed by atoms with Gasteiger partial charge in [-0.15, -0.1) is 0 Å². The van der Waals surface area contributed by atoms with E-state index in [4.69, 9.17) is 11.6 Å². The summed E-state index contributed by atoms with van der Waals surface area (Å²) in [5, 5.41) is 0.467. The van der Waals surface area contributed by atoms with Gasteiger partial charge in [-0.2, -0.15) is 0 Å². The molecule has 0 radical (unpaired) electrons. The molecule has 0 fully saturated rings. The molecular formula is C11H12ClN. The van der Waals surface area contributed by atoms with E-state index in [1.165, 1.54) is 0 Å². The summed E-state index contributed by atoms with van der Waals surface area (Å²) in [5.41, 5.74) is 2.79. The van der Waals surface area contributed by atoms with E-state index < -0.39 is 0 Å². The lowest BCUT2D eigenvalue weighted by atomic mass is 10.2. The summed E-state index contributed by atoms with van der Waals surface area (Å²) in [7, 11) is 0. The molecule has 2 heteroatoms. The monoisotopic (exact) mass is 193 g/mol. The smallest absolute Gasteiger partial charge is 0.132 e.